The van der Waals surface area contributed by atoms with Crippen LogP contribution in [0.2, 0.25) is 4.34 Å². The molecule has 0 unspecified atom stereocenters. The lowest BCUT2D eigenvalue weighted by Gasteiger charge is -2.29. The van der Waals surface area contributed by atoms with Gasteiger partial charge in [-0.3, -0.25) is 4.79 Å². The summed E-state index contributed by atoms with van der Waals surface area (Å²) in [6, 6.07) is 10.9. The number of amides is 1. The second kappa shape index (κ2) is 7.20. The van der Waals surface area contributed by atoms with Gasteiger partial charge in [0, 0.05) is 17.8 Å². The number of nitrogens with zero attached hydrogens (tertiary/aromatic N) is 1. The Bertz CT molecular complexity index is 786. The molecule has 0 radical (unpaired) electrons. The van der Waals surface area contributed by atoms with Crippen LogP contribution in [-0.2, 0) is 22.5 Å². The van der Waals surface area contributed by atoms with Crippen molar-refractivity contribution in [3.05, 3.63) is 69.4 Å². The first-order chi connectivity index (χ1) is 11.6. The van der Waals surface area contributed by atoms with E-state index >= 15 is 0 Å². The Morgan fingerprint density at radius 2 is 2.17 bits per heavy atom. The Morgan fingerprint density at radius 3 is 2.88 bits per heavy atom. The molecule has 0 N–H and O–H groups in total. The van der Waals surface area contributed by atoms with E-state index in [0.717, 1.165) is 10.4 Å². The molecule has 1 atom stereocenters. The number of hydrogen-bond acceptors (Lipinski definition) is 4. The van der Waals surface area contributed by atoms with E-state index in [0.29, 0.717) is 29.4 Å². The Hall–Kier alpha value is -2.11. The second-order valence-electron chi connectivity index (χ2n) is 5.47. The number of ether oxygens (including phenoxy) is 1. The third-order valence-electron chi connectivity index (χ3n) is 3.80. The minimum absolute atomic E-state index is 0.220. The van der Waals surface area contributed by atoms with Gasteiger partial charge in [-0.1, -0.05) is 35.9 Å². The molecule has 24 heavy (non-hydrogen) atoms. The van der Waals surface area contributed by atoms with Gasteiger partial charge in [-0.15, -0.1) is 17.9 Å². The Morgan fingerprint density at radius 1 is 1.38 bits per heavy atom. The highest BCUT2D eigenvalue weighted by atomic mass is 35.5. The van der Waals surface area contributed by atoms with Gasteiger partial charge in [-0.25, -0.2) is 4.79 Å². The van der Waals surface area contributed by atoms with Crippen LogP contribution in [0.15, 0.2) is 49.1 Å². The van der Waals surface area contributed by atoms with Crippen molar-refractivity contribution in [2.24, 2.45) is 0 Å². The number of hydrogen-bond donors (Lipinski definition) is 0. The molecule has 0 fully saturated rings. The molecule has 1 aliphatic rings. The number of benzene rings is 1. The molecule has 2 aromatic rings. The number of thiophene rings is 1. The Kier molecular flexibility index (Phi) is 5.02. The first-order valence-electron chi connectivity index (χ1n) is 7.51. The molecule has 6 heteroatoms. The maximum Gasteiger partial charge on any atom is 0.339 e. The lowest BCUT2D eigenvalue weighted by molar-refractivity contribution is -0.141. The predicted molar refractivity (Wildman–Crippen MR) is 94.3 cm³/mol. The van der Waals surface area contributed by atoms with Gasteiger partial charge >= 0.3 is 5.97 Å². The highest BCUT2D eigenvalue weighted by molar-refractivity contribution is 7.16. The maximum atomic E-state index is 12.8. The van der Waals surface area contributed by atoms with Crippen molar-refractivity contribution in [1.82, 2.24) is 4.90 Å². The fourth-order valence-electron chi connectivity index (χ4n) is 2.69. The lowest BCUT2D eigenvalue weighted by atomic mass is 9.98. The summed E-state index contributed by atoms with van der Waals surface area (Å²) in [5, 5.41) is 0. The van der Waals surface area contributed by atoms with Gasteiger partial charge in [0.1, 0.15) is 0 Å². The van der Waals surface area contributed by atoms with Crippen molar-refractivity contribution in [3.8, 4) is 0 Å². The number of carbonyl (C=O) groups is 2. The minimum atomic E-state index is -0.803. The van der Waals surface area contributed by atoms with E-state index in [1.807, 2.05) is 18.2 Å². The summed E-state index contributed by atoms with van der Waals surface area (Å²) < 4.78 is 6.03. The van der Waals surface area contributed by atoms with E-state index < -0.39 is 12.1 Å². The summed E-state index contributed by atoms with van der Waals surface area (Å²) in [7, 11) is 0. The third-order valence-corrected chi connectivity index (χ3v) is 5.02. The molecule has 0 bridgehead atoms. The number of esters is 1. The zero-order valence-electron chi connectivity index (χ0n) is 12.9. The van der Waals surface area contributed by atoms with E-state index in [2.05, 4.69) is 6.58 Å². The summed E-state index contributed by atoms with van der Waals surface area (Å²) >= 11 is 7.37. The van der Waals surface area contributed by atoms with E-state index in [-0.39, 0.29) is 5.91 Å². The van der Waals surface area contributed by atoms with Gasteiger partial charge in [0.15, 0.2) is 6.10 Å². The molecule has 1 amide bonds. The van der Waals surface area contributed by atoms with Gasteiger partial charge in [0.2, 0.25) is 0 Å². The quantitative estimate of drug-likeness (QED) is 0.602. The molecule has 124 valence electrons. The van der Waals surface area contributed by atoms with E-state index in [1.54, 1.807) is 29.2 Å². The highest BCUT2D eigenvalue weighted by Crippen LogP contribution is 2.25. The molecule has 0 saturated carbocycles. The summed E-state index contributed by atoms with van der Waals surface area (Å²) in [5.74, 6) is -0.671. The van der Waals surface area contributed by atoms with Gasteiger partial charge in [-0.2, -0.15) is 0 Å². The number of fused-ring (bicyclic) bond motifs is 1. The first kappa shape index (κ1) is 16.7. The lowest BCUT2D eigenvalue weighted by Crippen LogP contribution is -2.44. The van der Waals surface area contributed by atoms with Crippen LogP contribution in [0, 0.1) is 0 Å². The number of carbonyl (C=O) groups excluding carboxylic acids is 2. The first-order valence-corrected chi connectivity index (χ1v) is 8.70. The molecule has 3 rings (SSSR count). The van der Waals surface area contributed by atoms with Crippen molar-refractivity contribution in [1.29, 1.82) is 0 Å². The van der Waals surface area contributed by atoms with Crippen LogP contribution in [0.4, 0.5) is 0 Å². The normalized spacial score (nSPS) is 16.2. The fourth-order valence-corrected chi connectivity index (χ4v) is 3.79. The van der Waals surface area contributed by atoms with Gasteiger partial charge in [0.25, 0.3) is 5.91 Å². The largest absolute Gasteiger partial charge is 0.448 e. The minimum Gasteiger partial charge on any atom is -0.448 e. The van der Waals surface area contributed by atoms with Crippen LogP contribution in [0.5, 0.6) is 0 Å². The monoisotopic (exact) mass is 361 g/mol. The summed E-state index contributed by atoms with van der Waals surface area (Å²) in [6.45, 7) is 4.50. The van der Waals surface area contributed by atoms with Crippen molar-refractivity contribution in [2.75, 3.05) is 6.54 Å². The SMILES string of the molecule is C=CCN(Cc1ccc(Cl)s1)C(=O)[C@@H]1Cc2ccccc2C(=O)O1. The standard InChI is InChI=1S/C18H16ClNO3S/c1-2-9-20(11-13-7-8-16(19)24-13)17(21)15-10-12-5-3-4-6-14(12)18(22)23-15/h2-8,15H,1,9-11H2/t15-/m0/s1. The molecule has 4 nitrogen and oxygen atoms in total. The highest BCUT2D eigenvalue weighted by Gasteiger charge is 2.33. The smallest absolute Gasteiger partial charge is 0.339 e. The van der Waals surface area contributed by atoms with Crippen LogP contribution in [0.3, 0.4) is 0 Å². The molecule has 1 aliphatic heterocycles. The maximum absolute atomic E-state index is 12.8. The summed E-state index contributed by atoms with van der Waals surface area (Å²) in [4.78, 5) is 27.5. The molecule has 1 aromatic carbocycles. The van der Waals surface area contributed by atoms with E-state index in [9.17, 15) is 9.59 Å². The second-order valence-corrected chi connectivity index (χ2v) is 7.27. The summed E-state index contributed by atoms with van der Waals surface area (Å²) in [5.41, 5.74) is 1.37. The zero-order chi connectivity index (χ0) is 17.1. The van der Waals surface area contributed by atoms with Crippen molar-refractivity contribution < 1.29 is 14.3 Å². The van der Waals surface area contributed by atoms with Gasteiger partial charge in [-0.05, 0) is 23.8 Å². The number of cyclic esters (lactones) is 1. The Balaban J connectivity index is 1.78. The fraction of sp³-hybridized carbons (Fsp3) is 0.222. The summed E-state index contributed by atoms with van der Waals surface area (Å²) in [6.07, 6.45) is 1.24. The van der Waals surface area contributed by atoms with Crippen LogP contribution in [0.1, 0.15) is 20.8 Å². The van der Waals surface area contributed by atoms with Crippen LogP contribution < -0.4 is 0 Å². The molecular weight excluding hydrogens is 346 g/mol. The van der Waals surface area contributed by atoms with E-state index in [4.69, 9.17) is 16.3 Å². The van der Waals surface area contributed by atoms with Gasteiger partial charge < -0.3 is 9.64 Å². The molecule has 0 saturated heterocycles. The molecular formula is C18H16ClNO3S. The Labute approximate surface area is 149 Å². The number of halogens is 1. The molecule has 0 spiro atoms. The van der Waals surface area contributed by atoms with Crippen LogP contribution in [-0.4, -0.2) is 29.4 Å². The third kappa shape index (κ3) is 3.52. The van der Waals surface area contributed by atoms with Crippen molar-refractivity contribution >= 4 is 34.8 Å². The van der Waals surface area contributed by atoms with Crippen LogP contribution >= 0.6 is 22.9 Å². The van der Waals surface area contributed by atoms with Gasteiger partial charge in [0.05, 0.1) is 16.4 Å². The van der Waals surface area contributed by atoms with E-state index in [1.165, 1.54) is 11.3 Å². The molecule has 2 heterocycles. The van der Waals surface area contributed by atoms with Crippen molar-refractivity contribution in [3.63, 3.8) is 0 Å². The molecule has 1 aromatic heterocycles. The topological polar surface area (TPSA) is 46.6 Å². The average molecular weight is 362 g/mol. The van der Waals surface area contributed by atoms with Crippen LogP contribution in [0.25, 0.3) is 0 Å². The molecule has 0 aliphatic carbocycles. The predicted octanol–water partition coefficient (Wildman–Crippen LogP) is 3.70. The van der Waals surface area contributed by atoms with Crippen molar-refractivity contribution in [2.45, 2.75) is 19.1 Å². The number of rotatable bonds is 5. The zero-order valence-corrected chi connectivity index (χ0v) is 14.5. The average Bonchev–Trinajstić information content (AvgIpc) is 2.99.